The van der Waals surface area contributed by atoms with Crippen LogP contribution in [0, 0.1) is 10.1 Å². The Labute approximate surface area is 221 Å². The topological polar surface area (TPSA) is 114 Å². The van der Waals surface area contributed by atoms with Gasteiger partial charge in [0.2, 0.25) is 0 Å². The molecular formula is C29H31NO8. The molecule has 200 valence electrons. The molecule has 0 aliphatic carbocycles. The van der Waals surface area contributed by atoms with E-state index in [1.165, 1.54) is 55.0 Å². The standard InChI is InChI=1S/C29H31NO8/c1-4-5-6-7-8-20(2)36-27-19-25(35-3)17-18-26(27)29(32)38-23-13-9-21(10-14-23)28(31)37-24-15-11-22(12-16-24)30(33)34/h9-20H,4-8H2,1-3H3/t20-/m0/s1. The van der Waals surface area contributed by atoms with E-state index in [1.807, 2.05) is 6.92 Å². The Bertz CT molecular complexity index is 1240. The molecule has 0 amide bonds. The molecule has 0 fully saturated rings. The number of carbonyl (C=O) groups excluding carboxylic acids is 2. The summed E-state index contributed by atoms with van der Waals surface area (Å²) in [6, 6.07) is 16.0. The zero-order valence-corrected chi connectivity index (χ0v) is 21.7. The van der Waals surface area contributed by atoms with Gasteiger partial charge in [-0.15, -0.1) is 0 Å². The Morgan fingerprint density at radius 3 is 2.05 bits per heavy atom. The van der Waals surface area contributed by atoms with E-state index in [0.717, 1.165) is 25.7 Å². The van der Waals surface area contributed by atoms with Crippen molar-refractivity contribution in [1.29, 1.82) is 0 Å². The lowest BCUT2D eigenvalue weighted by atomic mass is 10.1. The van der Waals surface area contributed by atoms with Crippen LogP contribution in [0.4, 0.5) is 5.69 Å². The molecule has 3 aromatic rings. The zero-order valence-electron chi connectivity index (χ0n) is 21.7. The van der Waals surface area contributed by atoms with Crippen LogP contribution in [-0.2, 0) is 0 Å². The van der Waals surface area contributed by atoms with Crippen LogP contribution in [0.5, 0.6) is 23.0 Å². The lowest BCUT2D eigenvalue weighted by Gasteiger charge is -2.18. The van der Waals surface area contributed by atoms with Crippen molar-refractivity contribution in [2.75, 3.05) is 7.11 Å². The molecule has 0 aromatic heterocycles. The summed E-state index contributed by atoms with van der Waals surface area (Å²) < 4.78 is 22.1. The molecular weight excluding hydrogens is 490 g/mol. The van der Waals surface area contributed by atoms with Crippen LogP contribution in [0.15, 0.2) is 66.7 Å². The van der Waals surface area contributed by atoms with Crippen molar-refractivity contribution in [1.82, 2.24) is 0 Å². The molecule has 0 unspecified atom stereocenters. The van der Waals surface area contributed by atoms with E-state index >= 15 is 0 Å². The van der Waals surface area contributed by atoms with Gasteiger partial charge < -0.3 is 18.9 Å². The second kappa shape index (κ2) is 13.8. The van der Waals surface area contributed by atoms with Crippen molar-refractivity contribution < 1.29 is 33.5 Å². The fraction of sp³-hybridized carbons (Fsp3) is 0.310. The van der Waals surface area contributed by atoms with E-state index in [2.05, 4.69) is 6.92 Å². The Kier molecular flexibility index (Phi) is 10.2. The van der Waals surface area contributed by atoms with Crippen LogP contribution in [-0.4, -0.2) is 30.1 Å². The van der Waals surface area contributed by atoms with Crippen LogP contribution in [0.1, 0.15) is 66.7 Å². The number of unbranched alkanes of at least 4 members (excludes halogenated alkanes) is 3. The maximum atomic E-state index is 13.0. The van der Waals surface area contributed by atoms with Crippen LogP contribution < -0.4 is 18.9 Å². The predicted molar refractivity (Wildman–Crippen MR) is 141 cm³/mol. The summed E-state index contributed by atoms with van der Waals surface area (Å²) in [7, 11) is 1.54. The number of nitro benzene ring substituents is 1. The summed E-state index contributed by atoms with van der Waals surface area (Å²) in [6.45, 7) is 4.13. The van der Waals surface area contributed by atoms with E-state index in [9.17, 15) is 19.7 Å². The van der Waals surface area contributed by atoms with Crippen molar-refractivity contribution in [3.8, 4) is 23.0 Å². The molecule has 0 heterocycles. The number of carbonyl (C=O) groups is 2. The zero-order chi connectivity index (χ0) is 27.5. The average Bonchev–Trinajstić information content (AvgIpc) is 2.91. The number of methoxy groups -OCH3 is 1. The third-order valence-corrected chi connectivity index (χ3v) is 5.76. The number of esters is 2. The Morgan fingerprint density at radius 1 is 0.842 bits per heavy atom. The molecule has 0 aliphatic heterocycles. The van der Waals surface area contributed by atoms with E-state index in [1.54, 1.807) is 25.3 Å². The van der Waals surface area contributed by atoms with Gasteiger partial charge in [0.05, 0.1) is 23.7 Å². The maximum Gasteiger partial charge on any atom is 0.347 e. The summed E-state index contributed by atoms with van der Waals surface area (Å²) >= 11 is 0. The number of non-ortho nitro benzene ring substituents is 1. The van der Waals surface area contributed by atoms with Gasteiger partial charge in [-0.1, -0.05) is 26.2 Å². The molecule has 3 rings (SSSR count). The van der Waals surface area contributed by atoms with Gasteiger partial charge in [-0.25, -0.2) is 9.59 Å². The van der Waals surface area contributed by atoms with Gasteiger partial charge in [0, 0.05) is 18.2 Å². The average molecular weight is 522 g/mol. The monoisotopic (exact) mass is 521 g/mol. The van der Waals surface area contributed by atoms with Gasteiger partial charge in [0.15, 0.2) is 0 Å². The van der Waals surface area contributed by atoms with E-state index < -0.39 is 16.9 Å². The maximum absolute atomic E-state index is 13.0. The van der Waals surface area contributed by atoms with Crippen LogP contribution >= 0.6 is 0 Å². The first-order chi connectivity index (χ1) is 18.3. The highest BCUT2D eigenvalue weighted by molar-refractivity contribution is 5.95. The van der Waals surface area contributed by atoms with Gasteiger partial charge in [0.25, 0.3) is 5.69 Å². The SMILES string of the molecule is CCCCCC[C@H](C)Oc1cc(OC)ccc1C(=O)Oc1ccc(C(=O)Oc2ccc([N+](=O)[O-])cc2)cc1. The third-order valence-electron chi connectivity index (χ3n) is 5.76. The second-order valence-corrected chi connectivity index (χ2v) is 8.69. The van der Waals surface area contributed by atoms with E-state index in [-0.39, 0.29) is 34.4 Å². The quantitative estimate of drug-likeness (QED) is 0.0795. The van der Waals surface area contributed by atoms with Crippen molar-refractivity contribution in [2.45, 2.75) is 52.1 Å². The molecule has 9 nitrogen and oxygen atoms in total. The largest absolute Gasteiger partial charge is 0.497 e. The molecule has 3 aromatic carbocycles. The highest BCUT2D eigenvalue weighted by Gasteiger charge is 2.19. The number of rotatable bonds is 13. The summed E-state index contributed by atoms with van der Waals surface area (Å²) in [6.07, 6.45) is 5.28. The minimum absolute atomic E-state index is 0.0911. The first kappa shape index (κ1) is 28.2. The molecule has 1 atom stereocenters. The van der Waals surface area contributed by atoms with Crippen LogP contribution in [0.25, 0.3) is 0 Å². The molecule has 9 heteroatoms. The predicted octanol–water partition coefficient (Wildman–Crippen LogP) is 6.78. The third kappa shape index (κ3) is 8.06. The fourth-order valence-electron chi connectivity index (χ4n) is 3.65. The normalized spacial score (nSPS) is 11.3. The van der Waals surface area contributed by atoms with Crippen molar-refractivity contribution >= 4 is 17.6 Å². The molecule has 0 aliphatic rings. The van der Waals surface area contributed by atoms with Crippen LogP contribution in [0.3, 0.4) is 0 Å². The summed E-state index contributed by atoms with van der Waals surface area (Å²) in [5.74, 6) is 0.0720. The number of nitrogens with zero attached hydrogens (tertiary/aromatic N) is 1. The number of nitro groups is 1. The summed E-state index contributed by atoms with van der Waals surface area (Å²) in [5.41, 5.74) is 0.365. The highest BCUT2D eigenvalue weighted by Crippen LogP contribution is 2.28. The number of benzene rings is 3. The summed E-state index contributed by atoms with van der Waals surface area (Å²) in [5, 5.41) is 10.8. The van der Waals surface area contributed by atoms with E-state index in [0.29, 0.717) is 11.5 Å². The lowest BCUT2D eigenvalue weighted by Crippen LogP contribution is -2.16. The molecule has 0 bridgehead atoms. The molecule has 38 heavy (non-hydrogen) atoms. The fourth-order valence-corrected chi connectivity index (χ4v) is 3.65. The molecule has 0 N–H and O–H groups in total. The lowest BCUT2D eigenvalue weighted by molar-refractivity contribution is -0.384. The van der Waals surface area contributed by atoms with Gasteiger partial charge in [0.1, 0.15) is 28.6 Å². The van der Waals surface area contributed by atoms with Crippen LogP contribution in [0.2, 0.25) is 0 Å². The minimum Gasteiger partial charge on any atom is -0.497 e. The van der Waals surface area contributed by atoms with Gasteiger partial charge in [-0.3, -0.25) is 10.1 Å². The van der Waals surface area contributed by atoms with Gasteiger partial charge in [-0.05, 0) is 68.3 Å². The Hall–Kier alpha value is -4.40. The van der Waals surface area contributed by atoms with Crippen molar-refractivity contribution in [3.63, 3.8) is 0 Å². The van der Waals surface area contributed by atoms with Crippen molar-refractivity contribution in [2.24, 2.45) is 0 Å². The minimum atomic E-state index is -0.657. The Balaban J connectivity index is 1.64. The molecule has 0 saturated heterocycles. The molecule has 0 saturated carbocycles. The highest BCUT2D eigenvalue weighted by atomic mass is 16.6. The van der Waals surface area contributed by atoms with Gasteiger partial charge >= 0.3 is 11.9 Å². The second-order valence-electron chi connectivity index (χ2n) is 8.69. The Morgan fingerprint density at radius 2 is 1.45 bits per heavy atom. The first-order valence-corrected chi connectivity index (χ1v) is 12.4. The van der Waals surface area contributed by atoms with Crippen molar-refractivity contribution in [3.05, 3.63) is 88.0 Å². The molecule has 0 spiro atoms. The smallest absolute Gasteiger partial charge is 0.347 e. The number of hydrogen-bond donors (Lipinski definition) is 0. The van der Waals surface area contributed by atoms with Gasteiger partial charge in [-0.2, -0.15) is 0 Å². The number of ether oxygens (including phenoxy) is 4. The molecule has 0 radical (unpaired) electrons. The van der Waals surface area contributed by atoms with E-state index in [4.69, 9.17) is 18.9 Å². The summed E-state index contributed by atoms with van der Waals surface area (Å²) in [4.78, 5) is 35.6. The number of hydrogen-bond acceptors (Lipinski definition) is 8. The first-order valence-electron chi connectivity index (χ1n) is 12.4.